The highest BCUT2D eigenvalue weighted by Crippen LogP contribution is 2.25. The minimum atomic E-state index is -0.155. The second-order valence-corrected chi connectivity index (χ2v) is 5.86. The predicted molar refractivity (Wildman–Crippen MR) is 104 cm³/mol. The Morgan fingerprint density at radius 2 is 1.78 bits per heavy atom. The molecule has 0 aliphatic heterocycles. The molecule has 0 saturated heterocycles. The Hall–Kier alpha value is -3.28. The number of hydrogen-bond donors (Lipinski definition) is 1. The van der Waals surface area contributed by atoms with E-state index >= 15 is 0 Å². The lowest BCUT2D eigenvalue weighted by Crippen LogP contribution is -2.28. The third-order valence-electron chi connectivity index (χ3n) is 4.16. The summed E-state index contributed by atoms with van der Waals surface area (Å²) in [4.78, 5) is 12.6. The number of rotatable bonds is 8. The van der Waals surface area contributed by atoms with Gasteiger partial charge in [-0.05, 0) is 30.7 Å². The highest BCUT2D eigenvalue weighted by Gasteiger charge is 2.16. The van der Waals surface area contributed by atoms with Gasteiger partial charge in [-0.2, -0.15) is 5.10 Å². The number of ether oxygens (including phenoxy) is 2. The van der Waals surface area contributed by atoms with Crippen molar-refractivity contribution in [2.45, 2.75) is 13.3 Å². The van der Waals surface area contributed by atoms with Gasteiger partial charge in [0.15, 0.2) is 11.5 Å². The maximum atomic E-state index is 12.6. The Labute approximate surface area is 158 Å². The first-order valence-corrected chi connectivity index (χ1v) is 8.91. The summed E-state index contributed by atoms with van der Waals surface area (Å²) in [5.74, 6) is 1.17. The number of carbonyl (C=O) groups excluding carboxylic acids is 1. The SMILES string of the molecule is CCc1c(C(=O)NCCOc2ccccc2OC)cnn1-c1ccccc1. The van der Waals surface area contributed by atoms with Gasteiger partial charge in [0.1, 0.15) is 6.61 Å². The number of carbonyl (C=O) groups is 1. The average Bonchev–Trinajstić information content (AvgIpc) is 3.16. The fourth-order valence-corrected chi connectivity index (χ4v) is 2.85. The zero-order valence-electron chi connectivity index (χ0n) is 15.5. The summed E-state index contributed by atoms with van der Waals surface area (Å²) in [6.07, 6.45) is 2.32. The largest absolute Gasteiger partial charge is 0.493 e. The summed E-state index contributed by atoms with van der Waals surface area (Å²) in [5, 5.41) is 7.27. The van der Waals surface area contributed by atoms with E-state index < -0.39 is 0 Å². The second-order valence-electron chi connectivity index (χ2n) is 5.86. The molecule has 140 valence electrons. The van der Waals surface area contributed by atoms with E-state index in [1.807, 2.05) is 61.5 Å². The predicted octanol–water partition coefficient (Wildman–Crippen LogP) is 3.25. The van der Waals surface area contributed by atoms with Gasteiger partial charge in [-0.3, -0.25) is 4.79 Å². The second kappa shape index (κ2) is 8.89. The first-order valence-electron chi connectivity index (χ1n) is 8.91. The highest BCUT2D eigenvalue weighted by atomic mass is 16.5. The van der Waals surface area contributed by atoms with Crippen LogP contribution >= 0.6 is 0 Å². The van der Waals surface area contributed by atoms with Crippen LogP contribution < -0.4 is 14.8 Å². The summed E-state index contributed by atoms with van der Waals surface area (Å²) in [5.41, 5.74) is 2.40. The van der Waals surface area contributed by atoms with E-state index in [9.17, 15) is 4.79 Å². The van der Waals surface area contributed by atoms with Crippen molar-refractivity contribution in [1.29, 1.82) is 0 Å². The Morgan fingerprint density at radius 3 is 2.48 bits per heavy atom. The molecule has 0 radical (unpaired) electrons. The van der Waals surface area contributed by atoms with Crippen molar-refractivity contribution in [1.82, 2.24) is 15.1 Å². The van der Waals surface area contributed by atoms with E-state index in [-0.39, 0.29) is 5.91 Å². The summed E-state index contributed by atoms with van der Waals surface area (Å²) < 4.78 is 12.7. The molecule has 0 atom stereocenters. The van der Waals surface area contributed by atoms with Gasteiger partial charge in [-0.25, -0.2) is 4.68 Å². The van der Waals surface area contributed by atoms with E-state index in [0.717, 1.165) is 11.4 Å². The van der Waals surface area contributed by atoms with Crippen LogP contribution in [-0.4, -0.2) is 35.9 Å². The van der Waals surface area contributed by atoms with Crippen LogP contribution in [0.25, 0.3) is 5.69 Å². The first-order chi connectivity index (χ1) is 13.2. The number of benzene rings is 2. The molecule has 0 aliphatic rings. The smallest absolute Gasteiger partial charge is 0.254 e. The van der Waals surface area contributed by atoms with Crippen molar-refractivity contribution in [3.8, 4) is 17.2 Å². The monoisotopic (exact) mass is 365 g/mol. The number of nitrogens with zero attached hydrogens (tertiary/aromatic N) is 2. The standard InChI is InChI=1S/C21H23N3O3/c1-3-18-17(15-23-24(18)16-9-5-4-6-10-16)21(25)22-13-14-27-20-12-8-7-11-19(20)26-2/h4-12,15H,3,13-14H2,1-2H3,(H,22,25). The summed E-state index contributed by atoms with van der Waals surface area (Å²) >= 11 is 0. The normalized spacial score (nSPS) is 10.4. The van der Waals surface area contributed by atoms with Crippen LogP contribution in [0.2, 0.25) is 0 Å². The van der Waals surface area contributed by atoms with Crippen LogP contribution in [0.3, 0.4) is 0 Å². The molecule has 1 heterocycles. The first kappa shape index (κ1) is 18.5. The number of amides is 1. The maximum Gasteiger partial charge on any atom is 0.254 e. The lowest BCUT2D eigenvalue weighted by atomic mass is 10.2. The van der Waals surface area contributed by atoms with Gasteiger partial charge in [0, 0.05) is 0 Å². The summed E-state index contributed by atoms with van der Waals surface area (Å²) in [6.45, 7) is 2.75. The van der Waals surface area contributed by atoms with E-state index in [2.05, 4.69) is 10.4 Å². The molecule has 3 aromatic rings. The minimum absolute atomic E-state index is 0.155. The Balaban J connectivity index is 1.61. The molecule has 1 N–H and O–H groups in total. The third-order valence-corrected chi connectivity index (χ3v) is 4.16. The lowest BCUT2D eigenvalue weighted by molar-refractivity contribution is 0.0946. The molecule has 0 bridgehead atoms. The fraction of sp³-hybridized carbons (Fsp3) is 0.238. The van der Waals surface area contributed by atoms with E-state index in [4.69, 9.17) is 9.47 Å². The topological polar surface area (TPSA) is 65.4 Å². The zero-order chi connectivity index (χ0) is 19.1. The van der Waals surface area contributed by atoms with Gasteiger partial charge in [0.2, 0.25) is 0 Å². The lowest BCUT2D eigenvalue weighted by Gasteiger charge is -2.11. The van der Waals surface area contributed by atoms with Gasteiger partial charge in [0.05, 0.1) is 36.8 Å². The quantitative estimate of drug-likeness (QED) is 0.623. The molecule has 6 nitrogen and oxygen atoms in total. The van der Waals surface area contributed by atoms with Crippen molar-refractivity contribution in [2.75, 3.05) is 20.3 Å². The zero-order valence-corrected chi connectivity index (χ0v) is 15.5. The average molecular weight is 365 g/mol. The summed E-state index contributed by atoms with van der Waals surface area (Å²) in [7, 11) is 1.60. The number of nitrogens with one attached hydrogen (secondary N) is 1. The van der Waals surface area contributed by atoms with Gasteiger partial charge in [-0.15, -0.1) is 0 Å². The molecule has 27 heavy (non-hydrogen) atoms. The number of methoxy groups -OCH3 is 1. The molecule has 1 aromatic heterocycles. The van der Waals surface area contributed by atoms with Crippen molar-refractivity contribution in [2.24, 2.45) is 0 Å². The Kier molecular flexibility index (Phi) is 6.10. The van der Waals surface area contributed by atoms with Gasteiger partial charge in [0.25, 0.3) is 5.91 Å². The molecular weight excluding hydrogens is 342 g/mol. The molecule has 0 fully saturated rings. The highest BCUT2D eigenvalue weighted by molar-refractivity contribution is 5.95. The van der Waals surface area contributed by atoms with Crippen LogP contribution in [-0.2, 0) is 6.42 Å². The van der Waals surface area contributed by atoms with Gasteiger partial charge >= 0.3 is 0 Å². The molecule has 3 rings (SSSR count). The molecule has 0 unspecified atom stereocenters. The van der Waals surface area contributed by atoms with Crippen LogP contribution in [0.1, 0.15) is 23.0 Å². The van der Waals surface area contributed by atoms with Gasteiger partial charge < -0.3 is 14.8 Å². The summed E-state index contributed by atoms with van der Waals surface area (Å²) in [6, 6.07) is 17.2. The van der Waals surface area contributed by atoms with Gasteiger partial charge in [-0.1, -0.05) is 37.3 Å². The molecular formula is C21H23N3O3. The third kappa shape index (κ3) is 4.28. The fourth-order valence-electron chi connectivity index (χ4n) is 2.85. The van der Waals surface area contributed by atoms with Crippen molar-refractivity contribution in [3.05, 3.63) is 72.1 Å². The molecule has 0 spiro atoms. The Morgan fingerprint density at radius 1 is 1.07 bits per heavy atom. The van der Waals surface area contributed by atoms with E-state index in [1.54, 1.807) is 18.0 Å². The Bertz CT molecular complexity index is 891. The number of aromatic nitrogens is 2. The van der Waals surface area contributed by atoms with Crippen LogP contribution in [0.4, 0.5) is 0 Å². The maximum absolute atomic E-state index is 12.6. The molecule has 0 saturated carbocycles. The minimum Gasteiger partial charge on any atom is -0.493 e. The molecule has 2 aromatic carbocycles. The van der Waals surface area contributed by atoms with Crippen molar-refractivity contribution < 1.29 is 14.3 Å². The molecule has 0 aliphatic carbocycles. The molecule has 6 heteroatoms. The van der Waals surface area contributed by atoms with Crippen molar-refractivity contribution >= 4 is 5.91 Å². The van der Waals surface area contributed by atoms with Crippen LogP contribution in [0, 0.1) is 0 Å². The van der Waals surface area contributed by atoms with Crippen molar-refractivity contribution in [3.63, 3.8) is 0 Å². The van der Waals surface area contributed by atoms with E-state index in [0.29, 0.717) is 36.6 Å². The van der Waals surface area contributed by atoms with Crippen LogP contribution in [0.15, 0.2) is 60.8 Å². The van der Waals surface area contributed by atoms with E-state index in [1.165, 1.54) is 0 Å². The number of hydrogen-bond acceptors (Lipinski definition) is 4. The molecule has 1 amide bonds. The van der Waals surface area contributed by atoms with Crippen LogP contribution in [0.5, 0.6) is 11.5 Å². The number of para-hydroxylation sites is 3.